The molecule has 3 amide bonds. The minimum atomic E-state index is -0.273. The summed E-state index contributed by atoms with van der Waals surface area (Å²) in [5.74, 6) is 0.608. The molecule has 0 aliphatic rings. The van der Waals surface area contributed by atoms with E-state index in [0.29, 0.717) is 28.8 Å². The summed E-state index contributed by atoms with van der Waals surface area (Å²) in [7, 11) is 4.68. The molecular weight excluding hydrogens is 382 g/mol. The van der Waals surface area contributed by atoms with Gasteiger partial charge in [-0.1, -0.05) is 41.9 Å². The van der Waals surface area contributed by atoms with E-state index < -0.39 is 0 Å². The van der Waals surface area contributed by atoms with Gasteiger partial charge < -0.3 is 25.0 Å². The number of hydrogen-bond acceptors (Lipinski definition) is 4. The predicted molar refractivity (Wildman–Crippen MR) is 109 cm³/mol. The van der Waals surface area contributed by atoms with Crippen LogP contribution in [0.5, 0.6) is 11.5 Å². The summed E-state index contributed by atoms with van der Waals surface area (Å²) in [6, 6.07) is 12.6. The van der Waals surface area contributed by atoms with Crippen molar-refractivity contribution in [3.8, 4) is 11.5 Å². The maximum Gasteiger partial charge on any atom is 0.317 e. The van der Waals surface area contributed by atoms with Crippen LogP contribution in [0.3, 0.4) is 0 Å². The number of amides is 3. The number of methoxy groups -OCH3 is 2. The molecule has 0 aliphatic heterocycles. The van der Waals surface area contributed by atoms with Crippen molar-refractivity contribution in [3.05, 3.63) is 53.1 Å². The largest absolute Gasteiger partial charge is 0.495 e. The Hall–Kier alpha value is -2.93. The van der Waals surface area contributed by atoms with E-state index >= 15 is 0 Å². The summed E-state index contributed by atoms with van der Waals surface area (Å²) in [6.07, 6.45) is 0.109. The third-order valence-corrected chi connectivity index (χ3v) is 4.28. The molecule has 0 heterocycles. The second kappa shape index (κ2) is 10.4. The van der Waals surface area contributed by atoms with Gasteiger partial charge in [0.05, 0.1) is 24.9 Å². The maximum absolute atomic E-state index is 12.2. The molecule has 0 unspecified atom stereocenters. The van der Waals surface area contributed by atoms with Gasteiger partial charge in [-0.05, 0) is 11.6 Å². The Morgan fingerprint density at radius 1 is 1.07 bits per heavy atom. The predicted octanol–water partition coefficient (Wildman–Crippen LogP) is 3.53. The van der Waals surface area contributed by atoms with Crippen LogP contribution in [0.25, 0.3) is 0 Å². The van der Waals surface area contributed by atoms with Crippen LogP contribution in [-0.2, 0) is 11.3 Å². The zero-order valence-electron chi connectivity index (χ0n) is 16.1. The summed E-state index contributed by atoms with van der Waals surface area (Å²) in [4.78, 5) is 25.9. The number of nitrogens with zero attached hydrogens (tertiary/aromatic N) is 1. The van der Waals surface area contributed by atoms with Crippen molar-refractivity contribution in [1.29, 1.82) is 0 Å². The second-order valence-electron chi connectivity index (χ2n) is 6.06. The molecule has 0 radical (unpaired) electrons. The molecule has 0 fully saturated rings. The molecule has 2 aromatic carbocycles. The van der Waals surface area contributed by atoms with Gasteiger partial charge in [-0.25, -0.2) is 4.79 Å². The Morgan fingerprint density at radius 2 is 1.75 bits per heavy atom. The lowest BCUT2D eigenvalue weighted by Gasteiger charge is -2.18. The Kier molecular flexibility index (Phi) is 7.95. The Morgan fingerprint density at radius 3 is 2.39 bits per heavy atom. The van der Waals surface area contributed by atoms with Crippen LogP contribution in [-0.4, -0.2) is 44.7 Å². The average Bonchev–Trinajstić information content (AvgIpc) is 2.68. The topological polar surface area (TPSA) is 79.9 Å². The molecular formula is C20H24ClN3O4. The first-order valence-electron chi connectivity index (χ1n) is 8.69. The average molecular weight is 406 g/mol. The van der Waals surface area contributed by atoms with Crippen LogP contribution in [0.1, 0.15) is 12.0 Å². The molecule has 8 heteroatoms. The molecule has 0 bridgehead atoms. The molecule has 28 heavy (non-hydrogen) atoms. The molecule has 0 atom stereocenters. The van der Waals surface area contributed by atoms with Crippen molar-refractivity contribution in [2.45, 2.75) is 13.0 Å². The van der Waals surface area contributed by atoms with Crippen LogP contribution in [0.4, 0.5) is 10.5 Å². The van der Waals surface area contributed by atoms with Gasteiger partial charge in [0.1, 0.15) is 11.5 Å². The van der Waals surface area contributed by atoms with Crippen LogP contribution in [0.15, 0.2) is 42.5 Å². The van der Waals surface area contributed by atoms with Crippen LogP contribution in [0, 0.1) is 0 Å². The van der Waals surface area contributed by atoms with Crippen molar-refractivity contribution in [2.24, 2.45) is 0 Å². The van der Waals surface area contributed by atoms with E-state index in [1.165, 1.54) is 14.2 Å². The fraction of sp³-hybridized carbons (Fsp3) is 0.300. The van der Waals surface area contributed by atoms with Crippen molar-refractivity contribution < 1.29 is 19.1 Å². The summed E-state index contributed by atoms with van der Waals surface area (Å²) >= 11 is 6.09. The van der Waals surface area contributed by atoms with Gasteiger partial charge in [0, 0.05) is 32.6 Å². The maximum atomic E-state index is 12.2. The highest BCUT2D eigenvalue weighted by Gasteiger charge is 2.13. The molecule has 2 rings (SSSR count). The first-order valence-corrected chi connectivity index (χ1v) is 9.06. The Labute approximate surface area is 169 Å². The number of anilines is 1. The van der Waals surface area contributed by atoms with Gasteiger partial charge in [-0.15, -0.1) is 0 Å². The smallest absolute Gasteiger partial charge is 0.317 e. The number of carbonyl (C=O) groups is 2. The lowest BCUT2D eigenvalue weighted by atomic mass is 10.2. The molecule has 150 valence electrons. The number of rotatable bonds is 8. The van der Waals surface area contributed by atoms with Gasteiger partial charge in [0.2, 0.25) is 5.91 Å². The summed E-state index contributed by atoms with van der Waals surface area (Å²) in [5, 5.41) is 5.81. The normalized spacial score (nSPS) is 10.1. The molecule has 2 aromatic rings. The highest BCUT2D eigenvalue weighted by molar-refractivity contribution is 6.32. The van der Waals surface area contributed by atoms with Crippen molar-refractivity contribution in [1.82, 2.24) is 10.2 Å². The highest BCUT2D eigenvalue weighted by Crippen LogP contribution is 2.35. The molecule has 0 spiro atoms. The lowest BCUT2D eigenvalue weighted by Crippen LogP contribution is -2.38. The highest BCUT2D eigenvalue weighted by atomic mass is 35.5. The fourth-order valence-corrected chi connectivity index (χ4v) is 2.76. The zero-order chi connectivity index (χ0) is 20.5. The van der Waals surface area contributed by atoms with E-state index in [4.69, 9.17) is 21.1 Å². The number of ether oxygens (including phenoxy) is 2. The van der Waals surface area contributed by atoms with Crippen LogP contribution in [0.2, 0.25) is 5.02 Å². The van der Waals surface area contributed by atoms with Crippen LogP contribution >= 0.6 is 11.6 Å². The molecule has 2 N–H and O–H groups in total. The number of halogens is 1. The SMILES string of the molecule is COc1cc(OC)c(NC(=O)CCNC(=O)N(C)Cc2ccccc2)cc1Cl. The Bertz CT molecular complexity index is 815. The van der Waals surface area contributed by atoms with Gasteiger partial charge >= 0.3 is 6.03 Å². The third-order valence-electron chi connectivity index (χ3n) is 3.99. The van der Waals surface area contributed by atoms with Gasteiger partial charge in [-0.3, -0.25) is 4.79 Å². The van der Waals surface area contributed by atoms with Crippen molar-refractivity contribution in [2.75, 3.05) is 33.1 Å². The van der Waals surface area contributed by atoms with Gasteiger partial charge in [0.15, 0.2) is 0 Å². The lowest BCUT2D eigenvalue weighted by molar-refractivity contribution is -0.116. The number of carbonyl (C=O) groups excluding carboxylic acids is 2. The standard InChI is InChI=1S/C20H24ClN3O4/c1-24(13-14-7-5-4-6-8-14)20(26)22-10-9-19(25)23-16-11-15(21)17(27-2)12-18(16)28-3/h4-8,11-12H,9-10,13H2,1-3H3,(H,22,26)(H,23,25). The van der Waals surface area contributed by atoms with E-state index in [0.717, 1.165) is 5.56 Å². The number of hydrogen-bond donors (Lipinski definition) is 2. The number of benzene rings is 2. The summed E-state index contributed by atoms with van der Waals surface area (Å²) in [5.41, 5.74) is 1.46. The second-order valence-corrected chi connectivity index (χ2v) is 6.47. The minimum absolute atomic E-state index is 0.109. The first-order chi connectivity index (χ1) is 13.4. The molecule has 0 aromatic heterocycles. The van der Waals surface area contributed by atoms with Crippen LogP contribution < -0.4 is 20.1 Å². The van der Waals surface area contributed by atoms with E-state index in [-0.39, 0.29) is 24.9 Å². The molecule has 0 saturated carbocycles. The van der Waals surface area contributed by atoms with Crippen molar-refractivity contribution in [3.63, 3.8) is 0 Å². The van der Waals surface area contributed by atoms with E-state index in [9.17, 15) is 9.59 Å². The fourth-order valence-electron chi connectivity index (χ4n) is 2.52. The Balaban J connectivity index is 1.82. The van der Waals surface area contributed by atoms with E-state index in [1.807, 2.05) is 30.3 Å². The number of urea groups is 1. The van der Waals surface area contributed by atoms with Crippen molar-refractivity contribution >= 4 is 29.2 Å². The summed E-state index contributed by atoms with van der Waals surface area (Å²) in [6.45, 7) is 0.691. The monoisotopic (exact) mass is 405 g/mol. The molecule has 7 nitrogen and oxygen atoms in total. The third kappa shape index (κ3) is 6.06. The molecule has 0 aliphatic carbocycles. The zero-order valence-corrected chi connectivity index (χ0v) is 16.9. The number of nitrogens with one attached hydrogen (secondary N) is 2. The molecule has 0 saturated heterocycles. The quantitative estimate of drug-likeness (QED) is 0.704. The first kappa shape index (κ1) is 21.4. The minimum Gasteiger partial charge on any atom is -0.495 e. The van der Waals surface area contributed by atoms with Gasteiger partial charge in [0.25, 0.3) is 0 Å². The van der Waals surface area contributed by atoms with E-state index in [2.05, 4.69) is 10.6 Å². The van der Waals surface area contributed by atoms with Gasteiger partial charge in [-0.2, -0.15) is 0 Å². The summed E-state index contributed by atoms with van der Waals surface area (Å²) < 4.78 is 10.4. The van der Waals surface area contributed by atoms with E-state index in [1.54, 1.807) is 24.1 Å².